The summed E-state index contributed by atoms with van der Waals surface area (Å²) in [4.78, 5) is 27.0. The predicted octanol–water partition coefficient (Wildman–Crippen LogP) is 4.86. The Balaban J connectivity index is 1.41. The molecule has 3 N–H and O–H groups in total. The van der Waals surface area contributed by atoms with Crippen molar-refractivity contribution in [3.63, 3.8) is 0 Å². The third-order valence-corrected chi connectivity index (χ3v) is 6.64. The molecule has 0 saturated carbocycles. The number of aliphatic hydroxyl groups is 1. The van der Waals surface area contributed by atoms with Crippen molar-refractivity contribution < 1.29 is 14.6 Å². The molecule has 0 radical (unpaired) electrons. The maximum atomic E-state index is 12.3. The number of hydrogen-bond acceptors (Lipinski definition) is 8. The second-order valence-corrected chi connectivity index (χ2v) is 9.32. The quantitative estimate of drug-likeness (QED) is 0.434. The zero-order valence-corrected chi connectivity index (χ0v) is 21.0. The number of carbonyl (C=O) groups excluding carboxylic acids is 1. The third-order valence-electron chi connectivity index (χ3n) is 6.39. The Kier molecular flexibility index (Phi) is 6.51. The summed E-state index contributed by atoms with van der Waals surface area (Å²) >= 11 is 6.04. The van der Waals surface area contributed by atoms with E-state index in [-0.39, 0.29) is 18.0 Å². The number of nitrogens with one attached hydrogen (secondary N) is 2. The van der Waals surface area contributed by atoms with Crippen LogP contribution < -0.4 is 15.5 Å². The Bertz CT molecular complexity index is 1330. The van der Waals surface area contributed by atoms with Gasteiger partial charge >= 0.3 is 6.09 Å². The smallest absolute Gasteiger partial charge is 0.417 e. The van der Waals surface area contributed by atoms with Crippen LogP contribution in [-0.4, -0.2) is 51.1 Å². The fourth-order valence-corrected chi connectivity index (χ4v) is 4.54. The second-order valence-electron chi connectivity index (χ2n) is 8.88. The van der Waals surface area contributed by atoms with Crippen molar-refractivity contribution in [2.45, 2.75) is 45.5 Å². The van der Waals surface area contributed by atoms with Crippen LogP contribution in [0.5, 0.6) is 0 Å². The van der Waals surface area contributed by atoms with Crippen LogP contribution in [0.4, 0.5) is 22.4 Å². The number of rotatable bonds is 6. The first kappa shape index (κ1) is 24.0. The van der Waals surface area contributed by atoms with E-state index < -0.39 is 12.3 Å². The molecular weight excluding hydrogens is 480 g/mol. The van der Waals surface area contributed by atoms with Crippen LogP contribution in [-0.2, 0) is 4.74 Å². The summed E-state index contributed by atoms with van der Waals surface area (Å²) in [5.41, 5.74) is 4.61. The first-order chi connectivity index (χ1) is 17.3. The summed E-state index contributed by atoms with van der Waals surface area (Å²) in [6, 6.07) is 13.3. The number of ether oxygens (including phenoxy) is 1. The van der Waals surface area contributed by atoms with Crippen molar-refractivity contribution in [1.82, 2.24) is 15.0 Å². The lowest BCUT2D eigenvalue weighted by Crippen LogP contribution is -2.36. The minimum atomic E-state index is -0.887. The number of aliphatic hydroxyl groups excluding tert-OH is 1. The molecule has 10 heteroatoms. The molecule has 1 unspecified atom stereocenters. The van der Waals surface area contributed by atoms with Gasteiger partial charge in [-0.05, 0) is 67.3 Å². The SMILES string of the molecule is CC[C@H]1COC(=O)N1c1nc(C)nc(N[C@@H](C)C2=Cc3cc(-c4ccc(Cl)cc4)ccc3NC2O)n1. The highest BCUT2D eigenvalue weighted by Crippen LogP contribution is 2.33. The molecule has 2 aliphatic heterocycles. The predicted molar refractivity (Wildman–Crippen MR) is 140 cm³/mol. The molecule has 0 bridgehead atoms. The molecule has 36 heavy (non-hydrogen) atoms. The highest BCUT2D eigenvalue weighted by atomic mass is 35.5. The summed E-state index contributed by atoms with van der Waals surface area (Å²) in [6.07, 6.45) is 1.33. The maximum Gasteiger partial charge on any atom is 0.417 e. The highest BCUT2D eigenvalue weighted by molar-refractivity contribution is 6.30. The van der Waals surface area contributed by atoms with Gasteiger partial charge in [0.05, 0.1) is 12.1 Å². The molecule has 1 fully saturated rings. The van der Waals surface area contributed by atoms with E-state index in [2.05, 4.69) is 31.7 Å². The lowest BCUT2D eigenvalue weighted by Gasteiger charge is -2.29. The standard InChI is InChI=1S/C26H27ClN6O3/c1-4-20-13-36-26(35)33(20)25-30-15(3)29-24(32-25)28-14(2)21-12-18-11-17(7-10-22(18)31-23(21)34)16-5-8-19(27)9-6-16/h5-12,14,20,23,31,34H,4,13H2,1-3H3,(H,28,29,30,32)/t14-,20-,23?/m0/s1. The number of aromatic nitrogens is 3. The molecule has 3 aromatic rings. The average Bonchev–Trinajstić information content (AvgIpc) is 3.24. The van der Waals surface area contributed by atoms with E-state index in [0.717, 1.165) is 34.4 Å². The van der Waals surface area contributed by atoms with Gasteiger partial charge in [0.25, 0.3) is 0 Å². The molecular formula is C26H27ClN6O3. The lowest BCUT2D eigenvalue weighted by molar-refractivity contribution is 0.178. The normalized spacial score (nSPS) is 19.8. The number of amides is 1. The van der Waals surface area contributed by atoms with E-state index in [1.54, 1.807) is 6.92 Å². The number of aryl methyl sites for hydroxylation is 1. The van der Waals surface area contributed by atoms with Crippen molar-refractivity contribution in [3.05, 3.63) is 64.4 Å². The minimum Gasteiger partial charge on any atom is -0.447 e. The molecule has 3 atom stereocenters. The van der Waals surface area contributed by atoms with Gasteiger partial charge in [-0.2, -0.15) is 15.0 Å². The Hall–Kier alpha value is -3.69. The monoisotopic (exact) mass is 506 g/mol. The number of hydrogen-bond donors (Lipinski definition) is 3. The van der Waals surface area contributed by atoms with Gasteiger partial charge in [-0.25, -0.2) is 9.69 Å². The Labute approximate surface area is 214 Å². The second kappa shape index (κ2) is 9.75. The van der Waals surface area contributed by atoms with Crippen LogP contribution >= 0.6 is 11.6 Å². The van der Waals surface area contributed by atoms with Crippen molar-refractivity contribution in [3.8, 4) is 11.1 Å². The van der Waals surface area contributed by atoms with Gasteiger partial charge in [-0.1, -0.05) is 36.7 Å². The molecule has 2 aliphatic rings. The number of nitrogens with zero attached hydrogens (tertiary/aromatic N) is 4. The summed E-state index contributed by atoms with van der Waals surface area (Å²) in [5.74, 6) is 1.03. The topological polar surface area (TPSA) is 112 Å². The van der Waals surface area contributed by atoms with Gasteiger partial charge in [-0.15, -0.1) is 0 Å². The van der Waals surface area contributed by atoms with Crippen LogP contribution in [0.1, 0.15) is 31.7 Å². The highest BCUT2D eigenvalue weighted by Gasteiger charge is 2.35. The fourth-order valence-electron chi connectivity index (χ4n) is 4.41. The van der Waals surface area contributed by atoms with Crippen molar-refractivity contribution in [2.75, 3.05) is 22.1 Å². The summed E-state index contributed by atoms with van der Waals surface area (Å²) in [7, 11) is 0. The third kappa shape index (κ3) is 4.72. The number of anilines is 3. The molecule has 9 nitrogen and oxygen atoms in total. The molecule has 1 saturated heterocycles. The largest absolute Gasteiger partial charge is 0.447 e. The van der Waals surface area contributed by atoms with E-state index >= 15 is 0 Å². The number of carbonyl (C=O) groups is 1. The fraction of sp³-hybridized carbons (Fsp3) is 0.308. The number of benzene rings is 2. The lowest BCUT2D eigenvalue weighted by atomic mass is 9.95. The van der Waals surface area contributed by atoms with Crippen molar-refractivity contribution in [2.24, 2.45) is 0 Å². The molecule has 1 amide bonds. The van der Waals surface area contributed by atoms with Gasteiger partial charge in [-0.3, -0.25) is 0 Å². The summed E-state index contributed by atoms with van der Waals surface area (Å²) in [5, 5.41) is 17.9. The van der Waals surface area contributed by atoms with Crippen LogP contribution in [0.15, 0.2) is 48.0 Å². The van der Waals surface area contributed by atoms with Crippen LogP contribution in [0, 0.1) is 6.92 Å². The zero-order chi connectivity index (χ0) is 25.4. The maximum absolute atomic E-state index is 12.3. The Morgan fingerprint density at radius 3 is 2.69 bits per heavy atom. The van der Waals surface area contributed by atoms with Crippen molar-refractivity contribution >= 4 is 41.4 Å². The molecule has 2 aromatic carbocycles. The van der Waals surface area contributed by atoms with Gasteiger partial charge in [0, 0.05) is 16.3 Å². The molecule has 186 valence electrons. The zero-order valence-electron chi connectivity index (χ0n) is 20.2. The number of fused-ring (bicyclic) bond motifs is 1. The van der Waals surface area contributed by atoms with E-state index in [1.165, 1.54) is 4.90 Å². The molecule has 3 heterocycles. The first-order valence-electron chi connectivity index (χ1n) is 11.8. The molecule has 0 spiro atoms. The molecule has 1 aromatic heterocycles. The van der Waals surface area contributed by atoms with E-state index in [4.69, 9.17) is 16.3 Å². The minimum absolute atomic E-state index is 0.122. The summed E-state index contributed by atoms with van der Waals surface area (Å²) < 4.78 is 5.18. The van der Waals surface area contributed by atoms with Crippen LogP contribution in [0.3, 0.4) is 0 Å². The first-order valence-corrected chi connectivity index (χ1v) is 12.2. The number of halogens is 1. The molecule has 0 aliphatic carbocycles. The van der Waals surface area contributed by atoms with Gasteiger partial charge in [0.1, 0.15) is 18.7 Å². The average molecular weight is 507 g/mol. The molecule has 5 rings (SSSR count). The van der Waals surface area contributed by atoms with Gasteiger partial charge in [0.15, 0.2) is 0 Å². The Morgan fingerprint density at radius 1 is 1.19 bits per heavy atom. The summed E-state index contributed by atoms with van der Waals surface area (Å²) in [6.45, 7) is 5.95. The Morgan fingerprint density at radius 2 is 1.94 bits per heavy atom. The van der Waals surface area contributed by atoms with E-state index in [9.17, 15) is 9.90 Å². The van der Waals surface area contributed by atoms with Crippen LogP contribution in [0.25, 0.3) is 17.2 Å². The van der Waals surface area contributed by atoms with Crippen molar-refractivity contribution in [1.29, 1.82) is 0 Å². The van der Waals surface area contributed by atoms with E-state index in [0.29, 0.717) is 23.4 Å². The van der Waals surface area contributed by atoms with Gasteiger partial charge in [0.2, 0.25) is 11.9 Å². The number of cyclic esters (lactones) is 1. The van der Waals surface area contributed by atoms with Crippen LogP contribution in [0.2, 0.25) is 5.02 Å². The van der Waals surface area contributed by atoms with E-state index in [1.807, 2.05) is 56.3 Å². The van der Waals surface area contributed by atoms with Gasteiger partial charge < -0.3 is 20.5 Å².